The Morgan fingerprint density at radius 3 is 2.00 bits per heavy atom. The van der Waals surface area contributed by atoms with Gasteiger partial charge in [0.2, 0.25) is 0 Å². The first kappa shape index (κ1) is 20.7. The fraction of sp³-hybridized carbons (Fsp3) is 0.111. The number of hydrogen-bond donors (Lipinski definition) is 0. The number of halogens is 4. The van der Waals surface area contributed by atoms with Gasteiger partial charge < -0.3 is 0 Å². The predicted octanol–water partition coefficient (Wildman–Crippen LogP) is 7.42. The summed E-state index contributed by atoms with van der Waals surface area (Å²) in [4.78, 5) is 0. The molecule has 0 aliphatic heterocycles. The summed E-state index contributed by atoms with van der Waals surface area (Å²) in [6.07, 6.45) is 1.44. The van der Waals surface area contributed by atoms with Gasteiger partial charge in [-0.2, -0.15) is 0 Å². The summed E-state index contributed by atoms with van der Waals surface area (Å²) < 4.78 is 56.0. The van der Waals surface area contributed by atoms with E-state index in [1.807, 2.05) is 6.92 Å². The van der Waals surface area contributed by atoms with Crippen LogP contribution in [0.25, 0.3) is 21.9 Å². The summed E-state index contributed by atoms with van der Waals surface area (Å²) in [5.74, 6) is 3.02. The van der Waals surface area contributed by atoms with Crippen molar-refractivity contribution in [2.75, 3.05) is 0 Å². The van der Waals surface area contributed by atoms with Crippen LogP contribution in [-0.2, 0) is 6.42 Å². The molecule has 0 atom stereocenters. The minimum Gasteiger partial charge on any atom is -0.206 e. The predicted molar refractivity (Wildman–Crippen MR) is 116 cm³/mol. The second-order valence-corrected chi connectivity index (χ2v) is 7.31. The molecule has 0 saturated heterocycles. The van der Waals surface area contributed by atoms with Crippen molar-refractivity contribution in [3.63, 3.8) is 0 Å². The molecule has 0 fully saturated rings. The minimum absolute atomic E-state index is 0.0526. The summed E-state index contributed by atoms with van der Waals surface area (Å²) in [5.41, 5.74) is 2.33. The second-order valence-electron chi connectivity index (χ2n) is 7.31. The highest BCUT2D eigenvalue weighted by Crippen LogP contribution is 2.28. The Balaban J connectivity index is 1.60. The molecule has 0 bridgehead atoms. The van der Waals surface area contributed by atoms with E-state index in [-0.39, 0.29) is 10.9 Å². The molecule has 4 heteroatoms. The molecule has 0 heterocycles. The van der Waals surface area contributed by atoms with Crippen LogP contribution >= 0.6 is 0 Å². The van der Waals surface area contributed by atoms with Crippen molar-refractivity contribution < 1.29 is 17.6 Å². The molecular formula is C27H18F4. The molecule has 4 rings (SSSR count). The van der Waals surface area contributed by atoms with Crippen molar-refractivity contribution in [3.8, 4) is 23.0 Å². The molecule has 0 unspecified atom stereocenters. The molecule has 0 amide bonds. The summed E-state index contributed by atoms with van der Waals surface area (Å²) in [6, 6.07) is 16.8. The Morgan fingerprint density at radius 1 is 0.677 bits per heavy atom. The van der Waals surface area contributed by atoms with E-state index in [1.165, 1.54) is 24.3 Å². The monoisotopic (exact) mass is 418 g/mol. The maximum Gasteiger partial charge on any atom is 0.166 e. The van der Waals surface area contributed by atoms with Crippen molar-refractivity contribution in [1.82, 2.24) is 0 Å². The van der Waals surface area contributed by atoms with Gasteiger partial charge in [-0.15, -0.1) is 0 Å². The van der Waals surface area contributed by atoms with E-state index in [0.717, 1.165) is 12.5 Å². The smallest absolute Gasteiger partial charge is 0.166 e. The van der Waals surface area contributed by atoms with E-state index in [0.29, 0.717) is 34.1 Å². The number of rotatable bonds is 3. The highest BCUT2D eigenvalue weighted by Gasteiger charge is 2.13. The molecular weight excluding hydrogens is 400 g/mol. The molecule has 31 heavy (non-hydrogen) atoms. The van der Waals surface area contributed by atoms with E-state index in [2.05, 4.69) is 11.8 Å². The summed E-state index contributed by atoms with van der Waals surface area (Å²) in [7, 11) is 0. The van der Waals surface area contributed by atoms with Crippen LogP contribution in [0.5, 0.6) is 0 Å². The Hall–Kier alpha value is -3.58. The van der Waals surface area contributed by atoms with Crippen molar-refractivity contribution >= 4 is 10.8 Å². The number of aryl methyl sites for hydroxylation is 1. The molecule has 0 nitrogen and oxygen atoms in total. The molecule has 0 saturated carbocycles. The van der Waals surface area contributed by atoms with Crippen LogP contribution in [0, 0.1) is 35.1 Å². The zero-order valence-electron chi connectivity index (χ0n) is 16.8. The van der Waals surface area contributed by atoms with Gasteiger partial charge in [0.25, 0.3) is 0 Å². The third-order valence-electron chi connectivity index (χ3n) is 5.07. The van der Waals surface area contributed by atoms with Crippen molar-refractivity contribution in [2.24, 2.45) is 0 Å². The van der Waals surface area contributed by atoms with Gasteiger partial charge in [-0.05, 0) is 65.4 Å². The van der Waals surface area contributed by atoms with Gasteiger partial charge in [-0.25, -0.2) is 17.6 Å². The summed E-state index contributed by atoms with van der Waals surface area (Å²) in [5, 5.41) is 0.752. The van der Waals surface area contributed by atoms with E-state index in [4.69, 9.17) is 0 Å². The highest BCUT2D eigenvalue weighted by atomic mass is 19.2. The first-order valence-corrected chi connectivity index (χ1v) is 9.94. The molecule has 0 spiro atoms. The van der Waals surface area contributed by atoms with Crippen LogP contribution < -0.4 is 0 Å². The van der Waals surface area contributed by atoms with Crippen molar-refractivity contribution in [2.45, 2.75) is 19.8 Å². The zero-order valence-corrected chi connectivity index (χ0v) is 16.8. The van der Waals surface area contributed by atoms with Crippen molar-refractivity contribution in [1.29, 1.82) is 0 Å². The van der Waals surface area contributed by atoms with Crippen LogP contribution in [0.4, 0.5) is 17.6 Å². The van der Waals surface area contributed by atoms with Crippen LogP contribution in [-0.4, -0.2) is 0 Å². The third-order valence-corrected chi connectivity index (χ3v) is 5.07. The quantitative estimate of drug-likeness (QED) is 0.240. The number of hydrogen-bond acceptors (Lipinski definition) is 0. The summed E-state index contributed by atoms with van der Waals surface area (Å²) >= 11 is 0. The lowest BCUT2D eigenvalue weighted by Crippen LogP contribution is -1.94. The first-order valence-electron chi connectivity index (χ1n) is 9.94. The lowest BCUT2D eigenvalue weighted by Gasteiger charge is -2.08. The maximum atomic E-state index is 14.5. The van der Waals surface area contributed by atoms with Gasteiger partial charge >= 0.3 is 0 Å². The SMILES string of the molecule is CCCc1cc(F)c(-c2ccc(C#Cc3ccc4c(F)c(F)ccc4c3)cc2)c(F)c1. The lowest BCUT2D eigenvalue weighted by atomic mass is 9.99. The second kappa shape index (κ2) is 8.65. The maximum absolute atomic E-state index is 14.5. The van der Waals surface area contributed by atoms with E-state index in [1.54, 1.807) is 36.4 Å². The lowest BCUT2D eigenvalue weighted by molar-refractivity contribution is 0.517. The topological polar surface area (TPSA) is 0 Å². The fourth-order valence-corrected chi connectivity index (χ4v) is 3.54. The number of fused-ring (bicyclic) bond motifs is 1. The van der Waals surface area contributed by atoms with Gasteiger partial charge in [0.1, 0.15) is 11.6 Å². The van der Waals surface area contributed by atoms with Gasteiger partial charge in [0.05, 0.1) is 5.56 Å². The molecule has 4 aromatic rings. The normalized spacial score (nSPS) is 10.7. The van der Waals surface area contributed by atoms with E-state index in [9.17, 15) is 17.6 Å². The van der Waals surface area contributed by atoms with Gasteiger partial charge in [-0.3, -0.25) is 0 Å². The number of benzene rings is 4. The third kappa shape index (κ3) is 4.32. The Kier molecular flexibility index (Phi) is 5.77. The van der Waals surface area contributed by atoms with E-state index >= 15 is 0 Å². The minimum atomic E-state index is -0.890. The first-order chi connectivity index (χ1) is 15.0. The molecule has 154 valence electrons. The average molecular weight is 418 g/mol. The molecule has 0 aromatic heterocycles. The van der Waals surface area contributed by atoms with Gasteiger partial charge in [-0.1, -0.05) is 49.5 Å². The highest BCUT2D eigenvalue weighted by molar-refractivity contribution is 5.84. The zero-order chi connectivity index (χ0) is 22.0. The Morgan fingerprint density at radius 2 is 1.32 bits per heavy atom. The Labute approximate surface area is 178 Å². The largest absolute Gasteiger partial charge is 0.206 e. The van der Waals surface area contributed by atoms with Crippen molar-refractivity contribution in [3.05, 3.63) is 107 Å². The van der Waals surface area contributed by atoms with Crippen LogP contribution in [0.1, 0.15) is 30.0 Å². The Bertz CT molecular complexity index is 1300. The molecule has 4 aromatic carbocycles. The molecule has 0 N–H and O–H groups in total. The molecule has 0 aliphatic rings. The van der Waals surface area contributed by atoms with Crippen LogP contribution in [0.2, 0.25) is 0 Å². The standard InChI is InChI=1S/C27H18F4/c1-2-3-19-15-24(29)26(25(30)16-19)20-9-6-17(7-10-20)4-5-18-8-12-22-21(14-18)11-13-23(28)27(22)31/h6-16H,2-3H2,1H3. The molecule has 0 aliphatic carbocycles. The van der Waals surface area contributed by atoms with Crippen LogP contribution in [0.15, 0.2) is 66.7 Å². The average Bonchev–Trinajstić information content (AvgIpc) is 2.75. The van der Waals surface area contributed by atoms with Gasteiger partial charge in [0.15, 0.2) is 11.6 Å². The fourth-order valence-electron chi connectivity index (χ4n) is 3.54. The molecule has 0 radical (unpaired) electrons. The summed E-state index contributed by atoms with van der Waals surface area (Å²) in [6.45, 7) is 1.96. The van der Waals surface area contributed by atoms with Gasteiger partial charge in [0, 0.05) is 16.5 Å². The van der Waals surface area contributed by atoms with E-state index < -0.39 is 23.3 Å². The van der Waals surface area contributed by atoms with Crippen LogP contribution in [0.3, 0.4) is 0 Å².